The van der Waals surface area contributed by atoms with Crippen LogP contribution in [0.4, 0.5) is 10.1 Å². The highest BCUT2D eigenvalue weighted by Crippen LogP contribution is 2.26. The molecule has 0 amide bonds. The van der Waals surface area contributed by atoms with Gasteiger partial charge >= 0.3 is 0 Å². The van der Waals surface area contributed by atoms with E-state index in [0.29, 0.717) is 12.1 Å². The number of hydrogen-bond donors (Lipinski definition) is 2. The Bertz CT molecular complexity index is 304. The predicted octanol–water partition coefficient (Wildman–Crippen LogP) is 2.27. The van der Waals surface area contributed by atoms with Gasteiger partial charge in [-0.15, -0.1) is 11.8 Å². The van der Waals surface area contributed by atoms with Crippen molar-refractivity contribution in [1.82, 2.24) is 0 Å². The molecule has 0 saturated heterocycles. The van der Waals surface area contributed by atoms with Gasteiger partial charge in [0.2, 0.25) is 0 Å². The molecule has 14 heavy (non-hydrogen) atoms. The van der Waals surface area contributed by atoms with Crippen LogP contribution >= 0.6 is 11.8 Å². The van der Waals surface area contributed by atoms with Crippen molar-refractivity contribution in [2.24, 2.45) is 0 Å². The molecule has 3 N–H and O–H groups in total. The van der Waals surface area contributed by atoms with Crippen LogP contribution in [0, 0.1) is 5.82 Å². The molecule has 0 bridgehead atoms. The van der Waals surface area contributed by atoms with Gasteiger partial charge in [-0.3, -0.25) is 0 Å². The third-order valence-corrected chi connectivity index (χ3v) is 2.87. The zero-order chi connectivity index (χ0) is 10.6. The zero-order valence-electron chi connectivity index (χ0n) is 8.03. The Morgan fingerprint density at radius 1 is 1.57 bits per heavy atom. The van der Waals surface area contributed by atoms with Gasteiger partial charge in [0, 0.05) is 16.3 Å². The summed E-state index contributed by atoms with van der Waals surface area (Å²) in [4.78, 5) is 0.741. The summed E-state index contributed by atoms with van der Waals surface area (Å²) in [5.41, 5.74) is 6.24. The average Bonchev–Trinajstić information content (AvgIpc) is 2.10. The van der Waals surface area contributed by atoms with Crippen molar-refractivity contribution in [3.05, 3.63) is 24.0 Å². The van der Waals surface area contributed by atoms with Crippen molar-refractivity contribution >= 4 is 17.4 Å². The van der Waals surface area contributed by atoms with Crippen LogP contribution in [-0.4, -0.2) is 17.0 Å². The topological polar surface area (TPSA) is 46.2 Å². The molecule has 1 atom stereocenters. The number of thioether (sulfide) groups is 1. The lowest BCUT2D eigenvalue weighted by Crippen LogP contribution is -2.00. The van der Waals surface area contributed by atoms with Crippen LogP contribution in [0.5, 0.6) is 0 Å². The molecule has 1 aromatic carbocycles. The molecule has 0 spiro atoms. The Balaban J connectivity index is 2.53. The van der Waals surface area contributed by atoms with E-state index in [2.05, 4.69) is 0 Å². The SMILES string of the molecule is CC(O)CCSc1cc(F)ccc1N. The first-order chi connectivity index (χ1) is 6.59. The first kappa shape index (κ1) is 11.3. The standard InChI is InChI=1S/C10H14FNOS/c1-7(13)4-5-14-10-6-8(11)2-3-9(10)12/h2-3,6-7,13H,4-5,12H2,1H3. The van der Waals surface area contributed by atoms with Crippen LogP contribution < -0.4 is 5.73 Å². The number of hydrogen-bond acceptors (Lipinski definition) is 3. The molecule has 4 heteroatoms. The maximum absolute atomic E-state index is 12.8. The van der Waals surface area contributed by atoms with Crippen LogP contribution in [0.25, 0.3) is 0 Å². The Kier molecular flexibility index (Phi) is 4.22. The van der Waals surface area contributed by atoms with Gasteiger partial charge in [-0.05, 0) is 31.5 Å². The van der Waals surface area contributed by atoms with Crippen molar-refractivity contribution in [3.8, 4) is 0 Å². The van der Waals surface area contributed by atoms with E-state index in [0.717, 1.165) is 10.6 Å². The molecule has 1 rings (SSSR count). The number of aliphatic hydroxyl groups is 1. The first-order valence-electron chi connectivity index (χ1n) is 4.45. The molecule has 0 saturated carbocycles. The maximum atomic E-state index is 12.8. The molecule has 0 fully saturated rings. The second-order valence-electron chi connectivity index (χ2n) is 3.17. The van der Waals surface area contributed by atoms with Gasteiger partial charge < -0.3 is 10.8 Å². The predicted molar refractivity (Wildman–Crippen MR) is 57.8 cm³/mol. The summed E-state index contributed by atoms with van der Waals surface area (Å²) in [5, 5.41) is 9.04. The Morgan fingerprint density at radius 3 is 2.93 bits per heavy atom. The fourth-order valence-electron chi connectivity index (χ4n) is 0.973. The van der Waals surface area contributed by atoms with Gasteiger partial charge in [0.25, 0.3) is 0 Å². The summed E-state index contributed by atoms with van der Waals surface area (Å²) in [5.74, 6) is 0.462. The highest BCUT2D eigenvalue weighted by molar-refractivity contribution is 7.99. The fourth-order valence-corrected chi connectivity index (χ4v) is 2.08. The van der Waals surface area contributed by atoms with Gasteiger partial charge in [-0.1, -0.05) is 0 Å². The van der Waals surface area contributed by atoms with Crippen molar-refractivity contribution in [1.29, 1.82) is 0 Å². The van der Waals surface area contributed by atoms with Gasteiger partial charge in [0.05, 0.1) is 6.10 Å². The quantitative estimate of drug-likeness (QED) is 0.598. The molecule has 0 heterocycles. The third-order valence-electron chi connectivity index (χ3n) is 1.77. The van der Waals surface area contributed by atoms with Gasteiger partial charge in [-0.25, -0.2) is 4.39 Å². The van der Waals surface area contributed by atoms with E-state index < -0.39 is 0 Å². The Labute approximate surface area is 87.3 Å². The lowest BCUT2D eigenvalue weighted by atomic mass is 10.3. The lowest BCUT2D eigenvalue weighted by Gasteiger charge is -2.06. The second-order valence-corrected chi connectivity index (χ2v) is 4.31. The van der Waals surface area contributed by atoms with Crippen molar-refractivity contribution in [3.63, 3.8) is 0 Å². The number of benzene rings is 1. The Morgan fingerprint density at radius 2 is 2.29 bits per heavy atom. The summed E-state index contributed by atoms with van der Waals surface area (Å²) < 4.78 is 12.8. The molecule has 0 aromatic heterocycles. The smallest absolute Gasteiger partial charge is 0.124 e. The molecule has 0 radical (unpaired) electrons. The number of rotatable bonds is 4. The molecule has 0 aliphatic carbocycles. The molecular formula is C10H14FNOS. The molecule has 78 valence electrons. The van der Waals surface area contributed by atoms with E-state index in [4.69, 9.17) is 10.8 Å². The van der Waals surface area contributed by atoms with Crippen LogP contribution in [-0.2, 0) is 0 Å². The van der Waals surface area contributed by atoms with E-state index in [1.165, 1.54) is 23.9 Å². The summed E-state index contributed by atoms with van der Waals surface area (Å²) in [6, 6.07) is 4.32. The van der Waals surface area contributed by atoms with E-state index in [1.54, 1.807) is 13.0 Å². The summed E-state index contributed by atoms with van der Waals surface area (Å²) in [6.07, 6.45) is 0.359. The molecular weight excluding hydrogens is 201 g/mol. The van der Waals surface area contributed by atoms with E-state index in [-0.39, 0.29) is 11.9 Å². The van der Waals surface area contributed by atoms with Crippen molar-refractivity contribution in [2.45, 2.75) is 24.3 Å². The number of nitrogens with two attached hydrogens (primary N) is 1. The molecule has 1 aromatic rings. The number of aliphatic hydroxyl groups excluding tert-OH is 1. The molecule has 0 aliphatic rings. The van der Waals surface area contributed by atoms with E-state index >= 15 is 0 Å². The van der Waals surface area contributed by atoms with Crippen molar-refractivity contribution < 1.29 is 9.50 Å². The minimum Gasteiger partial charge on any atom is -0.398 e. The highest BCUT2D eigenvalue weighted by atomic mass is 32.2. The first-order valence-corrected chi connectivity index (χ1v) is 5.44. The zero-order valence-corrected chi connectivity index (χ0v) is 8.85. The summed E-state index contributed by atoms with van der Waals surface area (Å²) in [7, 11) is 0. The molecule has 1 unspecified atom stereocenters. The van der Waals surface area contributed by atoms with Crippen LogP contribution in [0.3, 0.4) is 0 Å². The minimum atomic E-state index is -0.322. The molecule has 2 nitrogen and oxygen atoms in total. The Hall–Kier alpha value is -0.740. The monoisotopic (exact) mass is 215 g/mol. The number of nitrogen functional groups attached to an aromatic ring is 1. The number of halogens is 1. The molecule has 0 aliphatic heterocycles. The highest BCUT2D eigenvalue weighted by Gasteiger charge is 2.02. The van der Waals surface area contributed by atoms with E-state index in [1.807, 2.05) is 0 Å². The van der Waals surface area contributed by atoms with Gasteiger partial charge in [0.15, 0.2) is 0 Å². The van der Waals surface area contributed by atoms with Crippen molar-refractivity contribution in [2.75, 3.05) is 11.5 Å². The van der Waals surface area contributed by atoms with Gasteiger partial charge in [-0.2, -0.15) is 0 Å². The fraction of sp³-hybridized carbons (Fsp3) is 0.400. The van der Waals surface area contributed by atoms with E-state index in [9.17, 15) is 4.39 Å². The van der Waals surface area contributed by atoms with Gasteiger partial charge in [0.1, 0.15) is 5.82 Å². The maximum Gasteiger partial charge on any atom is 0.124 e. The second kappa shape index (κ2) is 5.22. The number of anilines is 1. The largest absolute Gasteiger partial charge is 0.398 e. The third kappa shape index (κ3) is 3.55. The lowest BCUT2D eigenvalue weighted by molar-refractivity contribution is 0.192. The van der Waals surface area contributed by atoms with Crippen LogP contribution in [0.2, 0.25) is 0 Å². The van der Waals surface area contributed by atoms with Crippen LogP contribution in [0.15, 0.2) is 23.1 Å². The summed E-state index contributed by atoms with van der Waals surface area (Å²) >= 11 is 1.46. The normalized spacial score (nSPS) is 12.8. The minimum absolute atomic E-state index is 0.279. The summed E-state index contributed by atoms with van der Waals surface area (Å²) in [6.45, 7) is 1.73. The average molecular weight is 215 g/mol. The van der Waals surface area contributed by atoms with Crippen LogP contribution in [0.1, 0.15) is 13.3 Å².